The van der Waals surface area contributed by atoms with Crippen LogP contribution in [0.15, 0.2) is 23.4 Å². The topological polar surface area (TPSA) is 89.1 Å². The van der Waals surface area contributed by atoms with Crippen molar-refractivity contribution in [2.75, 3.05) is 33.5 Å². The molecule has 7 heteroatoms. The van der Waals surface area contributed by atoms with E-state index in [0.29, 0.717) is 38.5 Å². The van der Waals surface area contributed by atoms with Crippen LogP contribution < -0.4 is 11.1 Å². The average molecular weight is 285 g/mol. The molecule has 0 amide bonds. The van der Waals surface area contributed by atoms with Crippen LogP contribution in [0, 0.1) is 5.82 Å². The number of hydrogen-bond donors (Lipinski definition) is 3. The summed E-state index contributed by atoms with van der Waals surface area (Å²) in [4.78, 5) is 0. The Kier molecular flexibility index (Phi) is 7.56. The minimum atomic E-state index is -0.490. The highest BCUT2D eigenvalue weighted by Crippen LogP contribution is 2.12. The Morgan fingerprint density at radius 2 is 2.20 bits per heavy atom. The first-order chi connectivity index (χ1) is 9.70. The zero-order chi connectivity index (χ0) is 14.8. The molecule has 0 aliphatic rings. The molecule has 6 nitrogen and oxygen atoms in total. The fourth-order valence-electron chi connectivity index (χ4n) is 1.58. The van der Waals surface area contributed by atoms with Crippen LogP contribution in [0.1, 0.15) is 11.1 Å². The molecule has 0 fully saturated rings. The average Bonchev–Trinajstić information content (AvgIpc) is 2.47. The molecule has 0 saturated heterocycles. The first-order valence-corrected chi connectivity index (χ1v) is 6.23. The van der Waals surface area contributed by atoms with Crippen LogP contribution in [0.5, 0.6) is 0 Å². The maximum atomic E-state index is 14.0. The maximum Gasteiger partial charge on any atom is 0.173 e. The van der Waals surface area contributed by atoms with Crippen molar-refractivity contribution in [2.45, 2.75) is 6.54 Å². The van der Waals surface area contributed by atoms with Crippen molar-refractivity contribution < 1.29 is 19.1 Å². The van der Waals surface area contributed by atoms with Crippen LogP contribution in [-0.4, -0.2) is 44.5 Å². The maximum absolute atomic E-state index is 14.0. The lowest BCUT2D eigenvalue weighted by atomic mass is 10.1. The van der Waals surface area contributed by atoms with Crippen molar-refractivity contribution in [1.29, 1.82) is 0 Å². The molecule has 1 aromatic carbocycles. The highest BCUT2D eigenvalue weighted by molar-refractivity contribution is 5.97. The molecule has 20 heavy (non-hydrogen) atoms. The van der Waals surface area contributed by atoms with Gasteiger partial charge in [-0.2, -0.15) is 0 Å². The number of methoxy groups -OCH3 is 1. The Morgan fingerprint density at radius 3 is 2.90 bits per heavy atom. The number of oxime groups is 1. The summed E-state index contributed by atoms with van der Waals surface area (Å²) >= 11 is 0. The number of ether oxygens (including phenoxy) is 2. The third-order valence-corrected chi connectivity index (χ3v) is 2.63. The molecule has 0 radical (unpaired) electrons. The van der Waals surface area contributed by atoms with E-state index in [1.165, 1.54) is 6.07 Å². The highest BCUT2D eigenvalue weighted by atomic mass is 19.1. The second kappa shape index (κ2) is 9.24. The van der Waals surface area contributed by atoms with Crippen LogP contribution in [-0.2, 0) is 16.0 Å². The molecule has 0 saturated carbocycles. The van der Waals surface area contributed by atoms with Crippen molar-refractivity contribution in [3.8, 4) is 0 Å². The third-order valence-electron chi connectivity index (χ3n) is 2.63. The second-order valence-corrected chi connectivity index (χ2v) is 4.05. The summed E-state index contributed by atoms with van der Waals surface area (Å²) in [5.41, 5.74) is 5.93. The lowest BCUT2D eigenvalue weighted by molar-refractivity contribution is 0.0719. The van der Waals surface area contributed by atoms with Crippen LogP contribution >= 0.6 is 0 Å². The van der Waals surface area contributed by atoms with E-state index in [9.17, 15) is 4.39 Å². The minimum Gasteiger partial charge on any atom is -0.409 e. The number of hydrogen-bond acceptors (Lipinski definition) is 5. The zero-order valence-corrected chi connectivity index (χ0v) is 11.4. The summed E-state index contributed by atoms with van der Waals surface area (Å²) in [5.74, 6) is -0.733. The summed E-state index contributed by atoms with van der Waals surface area (Å²) in [7, 11) is 1.61. The van der Waals surface area contributed by atoms with Crippen molar-refractivity contribution in [3.05, 3.63) is 35.1 Å². The summed E-state index contributed by atoms with van der Waals surface area (Å²) in [6, 6.07) is 4.76. The molecule has 0 unspecified atom stereocenters. The van der Waals surface area contributed by atoms with E-state index in [0.717, 1.165) is 0 Å². The van der Waals surface area contributed by atoms with Gasteiger partial charge < -0.3 is 25.7 Å². The Balaban J connectivity index is 2.41. The molecular formula is C13H20FN3O3. The van der Waals surface area contributed by atoms with Crippen LogP contribution in [0.25, 0.3) is 0 Å². The van der Waals surface area contributed by atoms with Crippen molar-refractivity contribution >= 4 is 5.84 Å². The molecule has 0 atom stereocenters. The van der Waals surface area contributed by atoms with Crippen LogP contribution in [0.2, 0.25) is 0 Å². The van der Waals surface area contributed by atoms with E-state index in [1.807, 2.05) is 0 Å². The number of nitrogens with zero attached hydrogens (tertiary/aromatic N) is 1. The molecular weight excluding hydrogens is 265 g/mol. The van der Waals surface area contributed by atoms with E-state index in [2.05, 4.69) is 10.5 Å². The van der Waals surface area contributed by atoms with Crippen LogP contribution in [0.4, 0.5) is 4.39 Å². The van der Waals surface area contributed by atoms with Crippen LogP contribution in [0.3, 0.4) is 0 Å². The molecule has 0 spiro atoms. The van der Waals surface area contributed by atoms with Gasteiger partial charge in [-0.05, 0) is 6.07 Å². The number of benzene rings is 1. The number of amidine groups is 1. The van der Waals surface area contributed by atoms with Gasteiger partial charge in [-0.25, -0.2) is 4.39 Å². The Labute approximate surface area is 117 Å². The fraction of sp³-hybridized carbons (Fsp3) is 0.462. The summed E-state index contributed by atoms with van der Waals surface area (Å²) < 4.78 is 24.1. The molecule has 0 aliphatic carbocycles. The lowest BCUT2D eigenvalue weighted by Crippen LogP contribution is -2.22. The SMILES string of the molecule is COCCOCCNCc1cccc(/C(N)=N/O)c1F. The molecule has 0 aliphatic heterocycles. The quantitative estimate of drug-likeness (QED) is 0.204. The molecule has 112 valence electrons. The van der Waals surface area contributed by atoms with Crippen molar-refractivity contribution in [3.63, 3.8) is 0 Å². The Bertz CT molecular complexity index is 441. The predicted octanol–water partition coefficient (Wildman–Crippen LogP) is 0.673. The van der Waals surface area contributed by atoms with E-state index >= 15 is 0 Å². The third kappa shape index (κ3) is 5.12. The van der Waals surface area contributed by atoms with Crippen molar-refractivity contribution in [2.24, 2.45) is 10.9 Å². The number of nitrogens with two attached hydrogens (primary N) is 1. The standard InChI is InChI=1S/C13H20FN3O3/c1-19-7-8-20-6-5-16-9-10-3-2-4-11(12(10)14)13(15)17-18/h2-4,16,18H,5-9H2,1H3,(H2,15,17). The molecule has 1 rings (SSSR count). The molecule has 0 bridgehead atoms. The first kappa shape index (κ1) is 16.4. The van der Waals surface area contributed by atoms with Gasteiger partial charge in [-0.15, -0.1) is 0 Å². The molecule has 1 aromatic rings. The number of rotatable bonds is 9. The predicted molar refractivity (Wildman–Crippen MR) is 73.3 cm³/mol. The first-order valence-electron chi connectivity index (χ1n) is 6.23. The number of nitrogens with one attached hydrogen (secondary N) is 1. The van der Waals surface area contributed by atoms with E-state index in [-0.39, 0.29) is 11.4 Å². The normalized spacial score (nSPS) is 11.8. The van der Waals surface area contributed by atoms with E-state index in [1.54, 1.807) is 19.2 Å². The fourth-order valence-corrected chi connectivity index (χ4v) is 1.58. The van der Waals surface area contributed by atoms with E-state index in [4.69, 9.17) is 20.4 Å². The van der Waals surface area contributed by atoms with Gasteiger partial charge in [-0.1, -0.05) is 17.3 Å². The summed E-state index contributed by atoms with van der Waals surface area (Å²) in [6.45, 7) is 2.54. The van der Waals surface area contributed by atoms with Gasteiger partial charge in [-0.3, -0.25) is 0 Å². The Hall–Kier alpha value is -1.70. The Morgan fingerprint density at radius 1 is 1.40 bits per heavy atom. The minimum absolute atomic E-state index is 0.0862. The lowest BCUT2D eigenvalue weighted by Gasteiger charge is -2.09. The van der Waals surface area contributed by atoms with Gasteiger partial charge in [0.15, 0.2) is 5.84 Å². The van der Waals surface area contributed by atoms with E-state index < -0.39 is 5.82 Å². The monoisotopic (exact) mass is 285 g/mol. The number of halogens is 1. The second-order valence-electron chi connectivity index (χ2n) is 4.05. The summed E-state index contributed by atoms with van der Waals surface area (Å²) in [6.07, 6.45) is 0. The van der Waals surface area contributed by atoms with Gasteiger partial charge in [0.25, 0.3) is 0 Å². The molecule has 0 aromatic heterocycles. The molecule has 0 heterocycles. The van der Waals surface area contributed by atoms with Gasteiger partial charge in [0.2, 0.25) is 0 Å². The smallest absolute Gasteiger partial charge is 0.173 e. The van der Waals surface area contributed by atoms with Gasteiger partial charge in [0.1, 0.15) is 5.82 Å². The van der Waals surface area contributed by atoms with Crippen molar-refractivity contribution in [1.82, 2.24) is 5.32 Å². The largest absolute Gasteiger partial charge is 0.409 e. The zero-order valence-electron chi connectivity index (χ0n) is 11.4. The molecule has 4 N–H and O–H groups in total. The highest BCUT2D eigenvalue weighted by Gasteiger charge is 2.10. The van der Waals surface area contributed by atoms with Gasteiger partial charge in [0, 0.05) is 25.8 Å². The van der Waals surface area contributed by atoms with Gasteiger partial charge >= 0.3 is 0 Å². The summed E-state index contributed by atoms with van der Waals surface area (Å²) in [5, 5.41) is 14.4. The van der Waals surface area contributed by atoms with Gasteiger partial charge in [0.05, 0.1) is 25.4 Å².